The minimum absolute atomic E-state index is 0.138. The van der Waals surface area contributed by atoms with Crippen LogP contribution in [0.5, 0.6) is 5.75 Å². The number of nitrogens with zero attached hydrogens (tertiary/aromatic N) is 3. The maximum atomic E-state index is 12.2. The Balaban J connectivity index is 1.11. The number of anilines is 1. The van der Waals surface area contributed by atoms with Gasteiger partial charge in [0.2, 0.25) is 0 Å². The second-order valence-electron chi connectivity index (χ2n) is 13.5. The predicted molar refractivity (Wildman–Crippen MR) is 172 cm³/mol. The van der Waals surface area contributed by atoms with Crippen molar-refractivity contribution in [3.05, 3.63) is 76.3 Å². The van der Waals surface area contributed by atoms with Crippen LogP contribution in [0.25, 0.3) is 11.3 Å². The van der Waals surface area contributed by atoms with Gasteiger partial charge in [0.25, 0.3) is 0 Å². The number of aromatic nitrogens is 1. The summed E-state index contributed by atoms with van der Waals surface area (Å²) in [5.74, 6) is 1.05. The maximum absolute atomic E-state index is 12.2. The summed E-state index contributed by atoms with van der Waals surface area (Å²) in [6.45, 7) is 8.13. The van der Waals surface area contributed by atoms with Gasteiger partial charge in [0, 0.05) is 38.3 Å². The number of benzene rings is 2. The van der Waals surface area contributed by atoms with Gasteiger partial charge in [-0.15, -0.1) is 0 Å². The van der Waals surface area contributed by atoms with E-state index in [0.717, 1.165) is 53.9 Å². The number of carboxylic acids is 1. The van der Waals surface area contributed by atoms with Gasteiger partial charge in [-0.2, -0.15) is 0 Å². The van der Waals surface area contributed by atoms with Gasteiger partial charge in [0.1, 0.15) is 18.2 Å². The van der Waals surface area contributed by atoms with Gasteiger partial charge in [-0.1, -0.05) is 49.6 Å². The molecule has 2 aromatic carbocycles. The van der Waals surface area contributed by atoms with E-state index in [-0.39, 0.29) is 12.0 Å². The molecule has 44 heavy (non-hydrogen) atoms. The lowest BCUT2D eigenvalue weighted by molar-refractivity contribution is -0.144. The second-order valence-corrected chi connectivity index (χ2v) is 13.5. The zero-order valence-electron chi connectivity index (χ0n) is 26.3. The summed E-state index contributed by atoms with van der Waals surface area (Å²) < 4.78 is 12.1. The minimum Gasteiger partial charge on any atom is -0.488 e. The molecule has 2 aliphatic carbocycles. The predicted octanol–water partition coefficient (Wildman–Crippen LogP) is 6.56. The van der Waals surface area contributed by atoms with E-state index in [1.54, 1.807) is 7.11 Å². The molecule has 2 saturated carbocycles. The van der Waals surface area contributed by atoms with Gasteiger partial charge in [-0.3, -0.25) is 9.69 Å². The number of piperidine rings is 1. The van der Waals surface area contributed by atoms with Crippen molar-refractivity contribution in [2.24, 2.45) is 11.3 Å². The minimum atomic E-state index is -0.730. The molecule has 1 aromatic heterocycles. The summed E-state index contributed by atoms with van der Waals surface area (Å²) in [4.78, 5) is 22.2. The van der Waals surface area contributed by atoms with E-state index in [2.05, 4.69) is 47.9 Å². The Morgan fingerprint density at radius 2 is 1.89 bits per heavy atom. The SMILES string of the molecule is COC[C@H]1N(c2cccc(-c3cccc(C)c3OCc3ccc4c(c3C)CCN(C3CCCCC3)C4)n2)C[C@@H]2C[C@@]21C(=O)O. The number of hydrogen-bond acceptors (Lipinski definition) is 6. The lowest BCUT2D eigenvalue weighted by Gasteiger charge is -2.38. The Morgan fingerprint density at radius 1 is 1.07 bits per heavy atom. The summed E-state index contributed by atoms with van der Waals surface area (Å²) in [7, 11) is 1.64. The molecule has 232 valence electrons. The first-order valence-corrected chi connectivity index (χ1v) is 16.4. The van der Waals surface area contributed by atoms with Crippen LogP contribution < -0.4 is 9.64 Å². The molecular weight excluding hydrogens is 550 g/mol. The average Bonchev–Trinajstić information content (AvgIpc) is 3.70. The normalized spacial score (nSPS) is 25.0. The molecule has 0 unspecified atom stereocenters. The molecule has 4 aliphatic rings. The quantitative estimate of drug-likeness (QED) is 0.300. The number of fused-ring (bicyclic) bond motifs is 2. The molecule has 0 spiro atoms. The number of para-hydroxylation sites is 1. The third-order valence-electron chi connectivity index (χ3n) is 11.1. The van der Waals surface area contributed by atoms with Crippen molar-refractivity contribution in [1.82, 2.24) is 9.88 Å². The van der Waals surface area contributed by atoms with Crippen LogP contribution in [0.1, 0.15) is 66.3 Å². The molecule has 7 heteroatoms. The molecule has 3 atom stereocenters. The molecule has 7 rings (SSSR count). The zero-order valence-corrected chi connectivity index (χ0v) is 26.3. The van der Waals surface area contributed by atoms with Crippen molar-refractivity contribution < 1.29 is 19.4 Å². The summed E-state index contributed by atoms with van der Waals surface area (Å²) in [5, 5.41) is 10.1. The standard InChI is InChI=1S/C37H45N3O4/c1-24-9-7-12-31(32-13-8-14-34(38-32)40-21-28-19-37(28,36(41)42)33(40)23-43-3)35(24)44-22-27-16-15-26-20-39(18-17-30(26)25(27)2)29-10-5-4-6-11-29/h7-9,12-16,28-29,33H,4-6,10-11,17-23H2,1-3H3,(H,41,42)/t28-,33+,37+/m0/s1. The number of carboxylic acid groups (broad SMARTS) is 1. The van der Waals surface area contributed by atoms with E-state index in [1.807, 2.05) is 24.3 Å². The highest BCUT2D eigenvalue weighted by atomic mass is 16.5. The second kappa shape index (κ2) is 11.8. The third kappa shape index (κ3) is 5.08. The van der Waals surface area contributed by atoms with Crippen LogP contribution in [0.2, 0.25) is 0 Å². The smallest absolute Gasteiger partial charge is 0.312 e. The van der Waals surface area contributed by atoms with E-state index in [9.17, 15) is 9.90 Å². The Labute approximate surface area is 261 Å². The van der Waals surface area contributed by atoms with Crippen molar-refractivity contribution in [3.63, 3.8) is 0 Å². The summed E-state index contributed by atoms with van der Waals surface area (Å²) >= 11 is 0. The highest BCUT2D eigenvalue weighted by Crippen LogP contribution is 2.62. The Bertz CT molecular complexity index is 1550. The van der Waals surface area contributed by atoms with Gasteiger partial charge >= 0.3 is 5.97 Å². The van der Waals surface area contributed by atoms with Crippen molar-refractivity contribution in [2.45, 2.75) is 84.0 Å². The van der Waals surface area contributed by atoms with Crippen LogP contribution in [0.15, 0.2) is 48.5 Å². The van der Waals surface area contributed by atoms with Gasteiger partial charge < -0.3 is 19.5 Å². The van der Waals surface area contributed by atoms with Crippen LogP contribution in [0.3, 0.4) is 0 Å². The van der Waals surface area contributed by atoms with E-state index in [1.165, 1.54) is 54.4 Å². The van der Waals surface area contributed by atoms with Crippen molar-refractivity contribution >= 4 is 11.8 Å². The van der Waals surface area contributed by atoms with Crippen molar-refractivity contribution in [3.8, 4) is 17.0 Å². The van der Waals surface area contributed by atoms with Gasteiger partial charge in [0.05, 0.1) is 23.8 Å². The van der Waals surface area contributed by atoms with E-state index in [0.29, 0.717) is 26.2 Å². The maximum Gasteiger partial charge on any atom is 0.312 e. The van der Waals surface area contributed by atoms with Crippen LogP contribution in [0.4, 0.5) is 5.82 Å². The zero-order chi connectivity index (χ0) is 30.4. The molecule has 7 nitrogen and oxygen atoms in total. The number of aryl methyl sites for hydroxylation is 1. The van der Waals surface area contributed by atoms with E-state index < -0.39 is 11.4 Å². The lowest BCUT2D eigenvalue weighted by atomic mass is 9.88. The largest absolute Gasteiger partial charge is 0.488 e. The highest BCUT2D eigenvalue weighted by Gasteiger charge is 2.71. The van der Waals surface area contributed by atoms with E-state index >= 15 is 0 Å². The topological polar surface area (TPSA) is 75.1 Å². The average molecular weight is 596 g/mol. The molecule has 1 saturated heterocycles. The molecule has 2 aliphatic heterocycles. The summed E-state index contributed by atoms with van der Waals surface area (Å²) in [6, 6.07) is 17.3. The van der Waals surface area contributed by atoms with Crippen LogP contribution in [-0.4, -0.2) is 59.8 Å². The Hall–Kier alpha value is -3.42. The van der Waals surface area contributed by atoms with Crippen LogP contribution in [-0.2, 0) is 29.1 Å². The summed E-state index contributed by atoms with van der Waals surface area (Å²) in [6.07, 6.45) is 8.68. The molecule has 3 heterocycles. The fourth-order valence-corrected chi connectivity index (χ4v) is 8.44. The Kier molecular flexibility index (Phi) is 7.87. The van der Waals surface area contributed by atoms with Crippen molar-refractivity contribution in [1.29, 1.82) is 0 Å². The molecule has 0 radical (unpaired) electrons. The molecular formula is C37H45N3O4. The third-order valence-corrected chi connectivity index (χ3v) is 11.1. The first-order valence-electron chi connectivity index (χ1n) is 16.4. The van der Waals surface area contributed by atoms with Crippen LogP contribution in [0, 0.1) is 25.2 Å². The summed E-state index contributed by atoms with van der Waals surface area (Å²) in [5.41, 5.74) is 7.71. The monoisotopic (exact) mass is 595 g/mol. The molecule has 0 bridgehead atoms. The first-order chi connectivity index (χ1) is 21.4. The van der Waals surface area contributed by atoms with Crippen LogP contribution >= 0.6 is 0 Å². The van der Waals surface area contributed by atoms with E-state index in [4.69, 9.17) is 14.5 Å². The van der Waals surface area contributed by atoms with Crippen molar-refractivity contribution in [2.75, 3.05) is 31.7 Å². The van der Waals surface area contributed by atoms with Gasteiger partial charge in [0.15, 0.2) is 0 Å². The fraction of sp³-hybridized carbons (Fsp3) is 0.514. The number of aliphatic carboxylic acids is 1. The number of hydrogen-bond donors (Lipinski definition) is 1. The molecule has 0 amide bonds. The lowest BCUT2D eigenvalue weighted by Crippen LogP contribution is -2.43. The number of methoxy groups -OCH3 is 1. The first kappa shape index (κ1) is 29.3. The molecule has 1 N–H and O–H groups in total. The Morgan fingerprint density at radius 3 is 2.68 bits per heavy atom. The van der Waals surface area contributed by atoms with Gasteiger partial charge in [-0.25, -0.2) is 4.98 Å². The van der Waals surface area contributed by atoms with Gasteiger partial charge in [-0.05, 0) is 91.5 Å². The number of rotatable bonds is 9. The molecule has 3 aromatic rings. The number of ether oxygens (including phenoxy) is 2. The molecule has 3 fully saturated rings. The highest BCUT2D eigenvalue weighted by molar-refractivity contribution is 5.82. The number of carbonyl (C=O) groups is 1. The fourth-order valence-electron chi connectivity index (χ4n) is 8.44. The number of pyridine rings is 1.